The number of nitrogens with zero attached hydrogens (tertiary/aromatic N) is 3. The molecule has 1 aliphatic heterocycles. The molecule has 0 bridgehead atoms. The minimum absolute atomic E-state index is 0.0527. The molecule has 2 aromatic carbocycles. The van der Waals surface area contributed by atoms with Crippen LogP contribution in [0.15, 0.2) is 54.7 Å². The van der Waals surface area contributed by atoms with E-state index in [1.54, 1.807) is 30.5 Å². The normalized spacial score (nSPS) is 19.0. The van der Waals surface area contributed by atoms with E-state index in [0.717, 1.165) is 10.9 Å². The molecular weight excluding hydrogens is 360 g/mol. The second kappa shape index (κ2) is 6.65. The Hall–Kier alpha value is -2.95. The smallest absolute Gasteiger partial charge is 0.257 e. The van der Waals surface area contributed by atoms with E-state index in [4.69, 9.17) is 0 Å². The van der Waals surface area contributed by atoms with Gasteiger partial charge in [-0.2, -0.15) is 18.4 Å². The number of hydrogen-bond acceptors (Lipinski definition) is 4. The molecule has 1 aliphatic rings. The largest absolute Gasteiger partial charge is 0.301 e. The minimum Gasteiger partial charge on any atom is -0.257 e. The van der Waals surface area contributed by atoms with Crippen molar-refractivity contribution in [3.05, 3.63) is 71.5 Å². The molecule has 0 aliphatic carbocycles. The molecular formula is C20H18N4O2S. The highest BCUT2D eigenvalue weighted by Crippen LogP contribution is 2.30. The van der Waals surface area contributed by atoms with Crippen LogP contribution in [0.2, 0.25) is 0 Å². The Morgan fingerprint density at radius 3 is 2.70 bits per heavy atom. The Kier molecular flexibility index (Phi) is 4.30. The molecule has 6 nitrogen and oxygen atoms in total. The Morgan fingerprint density at radius 2 is 1.96 bits per heavy atom. The lowest BCUT2D eigenvalue weighted by molar-refractivity contribution is 0.541. The maximum atomic E-state index is 12.6. The van der Waals surface area contributed by atoms with E-state index in [0.29, 0.717) is 29.9 Å². The number of aromatic nitrogens is 1. The van der Waals surface area contributed by atoms with Crippen molar-refractivity contribution in [2.75, 3.05) is 17.4 Å². The zero-order chi connectivity index (χ0) is 19.0. The summed E-state index contributed by atoms with van der Waals surface area (Å²) in [4.78, 5) is 4.05. The monoisotopic (exact) mass is 378 g/mol. The van der Waals surface area contributed by atoms with Gasteiger partial charge in [-0.15, -0.1) is 0 Å². The molecule has 1 fully saturated rings. The van der Waals surface area contributed by atoms with Gasteiger partial charge in [0.05, 0.1) is 5.69 Å². The van der Waals surface area contributed by atoms with Crippen LogP contribution < -0.4 is 9.03 Å². The molecule has 4 rings (SSSR count). The highest BCUT2D eigenvalue weighted by Gasteiger charge is 2.32. The highest BCUT2D eigenvalue weighted by molar-refractivity contribution is 7.91. The first-order chi connectivity index (χ1) is 13.0. The lowest BCUT2D eigenvalue weighted by Crippen LogP contribution is -2.50. The van der Waals surface area contributed by atoms with E-state index in [1.807, 2.05) is 31.2 Å². The van der Waals surface area contributed by atoms with Gasteiger partial charge in [0.1, 0.15) is 11.8 Å². The molecule has 1 N–H and O–H groups in total. The zero-order valence-electron chi connectivity index (χ0n) is 14.8. The highest BCUT2D eigenvalue weighted by atomic mass is 32.2. The second-order valence-electron chi connectivity index (χ2n) is 6.67. The average Bonchev–Trinajstić information content (AvgIpc) is 2.67. The van der Waals surface area contributed by atoms with Crippen molar-refractivity contribution in [1.29, 1.82) is 5.26 Å². The van der Waals surface area contributed by atoms with Gasteiger partial charge < -0.3 is 0 Å². The van der Waals surface area contributed by atoms with E-state index in [1.165, 1.54) is 9.87 Å². The van der Waals surface area contributed by atoms with Gasteiger partial charge in [0.25, 0.3) is 0 Å². The Bertz CT molecular complexity index is 1150. The fraction of sp³-hybridized carbons (Fsp3) is 0.200. The molecule has 1 atom stereocenters. The number of fused-ring (bicyclic) bond motifs is 1. The van der Waals surface area contributed by atoms with Crippen LogP contribution in [0.25, 0.3) is 10.8 Å². The molecule has 1 saturated heterocycles. The molecule has 1 aromatic heterocycles. The molecule has 2 heterocycles. The summed E-state index contributed by atoms with van der Waals surface area (Å²) in [5.74, 6) is 0.0527. The summed E-state index contributed by atoms with van der Waals surface area (Å²) in [6, 6.07) is 17.3. The van der Waals surface area contributed by atoms with Crippen molar-refractivity contribution < 1.29 is 8.42 Å². The van der Waals surface area contributed by atoms with Crippen molar-refractivity contribution in [3.63, 3.8) is 0 Å². The number of hydrogen-bond donors (Lipinski definition) is 1. The maximum Gasteiger partial charge on any atom is 0.301 e. The van der Waals surface area contributed by atoms with Crippen LogP contribution in [0.4, 0.5) is 5.69 Å². The van der Waals surface area contributed by atoms with Gasteiger partial charge in [-0.25, -0.2) is 4.98 Å². The van der Waals surface area contributed by atoms with Crippen molar-refractivity contribution in [2.45, 2.75) is 12.8 Å². The molecule has 0 radical (unpaired) electrons. The number of nitriles is 1. The van der Waals surface area contributed by atoms with Crippen LogP contribution in [0, 0.1) is 18.3 Å². The van der Waals surface area contributed by atoms with E-state index >= 15 is 0 Å². The number of benzene rings is 2. The SMILES string of the molecule is Cc1ccc([C@@H]2CNS(=O)(=O)N(c3ccc4c(C#N)nccc4c3)C2)cc1. The van der Waals surface area contributed by atoms with E-state index in [2.05, 4.69) is 15.8 Å². The zero-order valence-corrected chi connectivity index (χ0v) is 15.6. The Morgan fingerprint density at radius 1 is 1.19 bits per heavy atom. The molecule has 0 spiro atoms. The van der Waals surface area contributed by atoms with Crippen LogP contribution in [-0.2, 0) is 10.2 Å². The number of aryl methyl sites for hydroxylation is 1. The van der Waals surface area contributed by atoms with E-state index in [9.17, 15) is 13.7 Å². The number of rotatable bonds is 2. The first-order valence-corrected chi connectivity index (χ1v) is 10.0. The fourth-order valence-corrected chi connectivity index (χ4v) is 4.70. The Balaban J connectivity index is 1.73. The minimum atomic E-state index is -3.61. The van der Waals surface area contributed by atoms with Gasteiger partial charge >= 0.3 is 10.2 Å². The van der Waals surface area contributed by atoms with Gasteiger partial charge in [0.2, 0.25) is 0 Å². The lowest BCUT2D eigenvalue weighted by Gasteiger charge is -2.34. The third-order valence-corrected chi connectivity index (χ3v) is 6.35. The van der Waals surface area contributed by atoms with Gasteiger partial charge in [0, 0.05) is 30.6 Å². The van der Waals surface area contributed by atoms with Crippen LogP contribution >= 0.6 is 0 Å². The summed E-state index contributed by atoms with van der Waals surface area (Å²) in [7, 11) is -3.61. The molecule has 136 valence electrons. The quantitative estimate of drug-likeness (QED) is 0.743. The van der Waals surface area contributed by atoms with Crippen LogP contribution in [0.1, 0.15) is 22.7 Å². The van der Waals surface area contributed by atoms with Gasteiger partial charge in [-0.1, -0.05) is 29.8 Å². The predicted octanol–water partition coefficient (Wildman–Crippen LogP) is 2.85. The molecule has 0 unspecified atom stereocenters. The van der Waals surface area contributed by atoms with Gasteiger partial charge in [-0.3, -0.25) is 4.31 Å². The predicted molar refractivity (Wildman–Crippen MR) is 105 cm³/mol. The van der Waals surface area contributed by atoms with Crippen LogP contribution in [0.3, 0.4) is 0 Å². The first kappa shape index (κ1) is 17.5. The molecule has 7 heteroatoms. The summed E-state index contributed by atoms with van der Waals surface area (Å²) in [6.45, 7) is 2.76. The molecule has 0 saturated carbocycles. The van der Waals surface area contributed by atoms with Crippen molar-refractivity contribution in [3.8, 4) is 6.07 Å². The second-order valence-corrected chi connectivity index (χ2v) is 8.35. The van der Waals surface area contributed by atoms with Crippen LogP contribution in [-0.4, -0.2) is 26.5 Å². The summed E-state index contributed by atoms with van der Waals surface area (Å²) >= 11 is 0. The summed E-state index contributed by atoms with van der Waals surface area (Å²) in [5, 5.41) is 10.7. The van der Waals surface area contributed by atoms with Gasteiger partial charge in [-0.05, 0) is 42.1 Å². The van der Waals surface area contributed by atoms with Crippen LogP contribution in [0.5, 0.6) is 0 Å². The molecule has 3 aromatic rings. The number of anilines is 1. The van der Waals surface area contributed by atoms with E-state index in [-0.39, 0.29) is 5.92 Å². The number of pyridine rings is 1. The summed E-state index contributed by atoms with van der Waals surface area (Å²) in [6.07, 6.45) is 1.56. The summed E-state index contributed by atoms with van der Waals surface area (Å²) < 4.78 is 29.3. The van der Waals surface area contributed by atoms with Crippen molar-refractivity contribution in [2.24, 2.45) is 0 Å². The molecule has 0 amide bonds. The van der Waals surface area contributed by atoms with Crippen molar-refractivity contribution >= 4 is 26.7 Å². The van der Waals surface area contributed by atoms with Gasteiger partial charge in [0.15, 0.2) is 0 Å². The summed E-state index contributed by atoms with van der Waals surface area (Å²) in [5.41, 5.74) is 3.17. The average molecular weight is 378 g/mol. The third-order valence-electron chi connectivity index (χ3n) is 4.88. The Labute approximate surface area is 158 Å². The van der Waals surface area contributed by atoms with E-state index < -0.39 is 10.2 Å². The third kappa shape index (κ3) is 3.25. The molecule has 27 heavy (non-hydrogen) atoms. The first-order valence-electron chi connectivity index (χ1n) is 8.61. The van der Waals surface area contributed by atoms with Crippen molar-refractivity contribution in [1.82, 2.24) is 9.71 Å². The number of nitrogens with one attached hydrogen (secondary N) is 1. The maximum absolute atomic E-state index is 12.6. The lowest BCUT2D eigenvalue weighted by atomic mass is 9.98. The topological polar surface area (TPSA) is 86.1 Å². The standard InChI is InChI=1S/C20H18N4O2S/c1-14-2-4-15(5-3-14)17-12-23-27(25,26)24(13-17)18-6-7-19-16(10-18)8-9-22-20(19)11-21/h2-10,17,23H,12-13H2,1H3/t17-/m1/s1. The fourth-order valence-electron chi connectivity index (χ4n) is 3.36.